The van der Waals surface area contributed by atoms with E-state index in [0.29, 0.717) is 25.7 Å². The van der Waals surface area contributed by atoms with E-state index in [2.05, 4.69) is 174 Å². The lowest BCUT2D eigenvalue weighted by Crippen LogP contribution is -2.30. The van der Waals surface area contributed by atoms with Gasteiger partial charge in [-0.25, -0.2) is 9.13 Å². The molecule has 3 N–H and O–H groups in total. The van der Waals surface area contributed by atoms with Gasteiger partial charge in [-0.05, 0) is 161 Å². The highest BCUT2D eigenvalue weighted by molar-refractivity contribution is 7.47. The third kappa shape index (κ3) is 75.2. The molecule has 0 rings (SSSR count). The molecule has 0 aromatic heterocycles. The molecule has 594 valence electrons. The van der Waals surface area contributed by atoms with Gasteiger partial charge in [0.15, 0.2) is 12.2 Å². The number of hydrogen-bond acceptors (Lipinski definition) is 15. The molecule has 0 amide bonds. The van der Waals surface area contributed by atoms with Crippen LogP contribution in [0.1, 0.15) is 310 Å². The van der Waals surface area contributed by atoms with E-state index in [1.54, 1.807) is 0 Å². The van der Waals surface area contributed by atoms with Crippen molar-refractivity contribution in [2.24, 2.45) is 0 Å². The number of esters is 4. The molecule has 5 unspecified atom stereocenters. The smallest absolute Gasteiger partial charge is 0.462 e. The zero-order chi connectivity index (χ0) is 76.0. The Morgan fingerprint density at radius 2 is 0.519 bits per heavy atom. The first kappa shape index (κ1) is 98.9. The van der Waals surface area contributed by atoms with Crippen molar-refractivity contribution < 1.29 is 80.2 Å². The monoisotopic (exact) mass is 1500 g/mol. The molecule has 0 aliphatic rings. The van der Waals surface area contributed by atoms with Gasteiger partial charge < -0.3 is 33.8 Å². The van der Waals surface area contributed by atoms with Crippen LogP contribution in [-0.2, 0) is 65.4 Å². The Labute approximate surface area is 630 Å². The molecule has 0 aromatic rings. The van der Waals surface area contributed by atoms with Crippen molar-refractivity contribution in [2.45, 2.75) is 329 Å². The van der Waals surface area contributed by atoms with Crippen LogP contribution in [0.4, 0.5) is 0 Å². The SMILES string of the molecule is CC/C=C\C/C=C\C/C=C\C/C=C\CCCCCCC(=O)OCC(COP(=O)(O)OCC(O)COP(=O)(O)OCC(COC(=O)CCCCCCCC/C=C\C/C=C\C/C=C\CCCCC)OC(=O)CCCCCCC/C=C\C/C=C\CCC)OC(=O)CCCCCCC/C=C\C/C=C\C/C=C\CC. The molecule has 0 bridgehead atoms. The number of allylic oxidation sites excluding steroid dienone is 24. The number of rotatable bonds is 74. The van der Waals surface area contributed by atoms with Gasteiger partial charge in [0, 0.05) is 25.7 Å². The molecule has 0 spiro atoms. The van der Waals surface area contributed by atoms with Crippen LogP contribution < -0.4 is 0 Å². The molecule has 17 nitrogen and oxygen atoms in total. The van der Waals surface area contributed by atoms with E-state index in [4.69, 9.17) is 37.0 Å². The molecular formula is C85H142O17P2. The highest BCUT2D eigenvalue weighted by Gasteiger charge is 2.30. The molecule has 0 radical (unpaired) electrons. The van der Waals surface area contributed by atoms with Crippen molar-refractivity contribution in [3.63, 3.8) is 0 Å². The molecule has 0 saturated carbocycles. The van der Waals surface area contributed by atoms with Gasteiger partial charge >= 0.3 is 39.5 Å². The number of ether oxygens (including phenoxy) is 4. The summed E-state index contributed by atoms with van der Waals surface area (Å²) in [4.78, 5) is 73.0. The van der Waals surface area contributed by atoms with Crippen molar-refractivity contribution in [2.75, 3.05) is 39.6 Å². The van der Waals surface area contributed by atoms with Crippen LogP contribution in [0.2, 0.25) is 0 Å². The van der Waals surface area contributed by atoms with Gasteiger partial charge in [0.1, 0.15) is 19.3 Å². The number of carbonyl (C=O) groups is 4. The summed E-state index contributed by atoms with van der Waals surface area (Å²) in [6.45, 7) is 4.48. The molecule has 0 fully saturated rings. The van der Waals surface area contributed by atoms with E-state index in [1.165, 1.54) is 19.3 Å². The second-order valence-corrected chi connectivity index (χ2v) is 29.1. The molecule has 0 aromatic carbocycles. The van der Waals surface area contributed by atoms with Crippen LogP contribution >= 0.6 is 15.6 Å². The first-order valence-electron chi connectivity index (χ1n) is 40.1. The second-order valence-electron chi connectivity index (χ2n) is 26.2. The Balaban J connectivity index is 5.40. The predicted molar refractivity (Wildman–Crippen MR) is 427 cm³/mol. The third-order valence-corrected chi connectivity index (χ3v) is 18.2. The topological polar surface area (TPSA) is 237 Å². The number of phosphoric ester groups is 2. The van der Waals surface area contributed by atoms with Crippen LogP contribution in [0.5, 0.6) is 0 Å². The number of carbonyl (C=O) groups excluding carboxylic acids is 4. The second kappa shape index (κ2) is 76.1. The van der Waals surface area contributed by atoms with Crippen molar-refractivity contribution in [1.29, 1.82) is 0 Å². The first-order valence-corrected chi connectivity index (χ1v) is 43.1. The van der Waals surface area contributed by atoms with Crippen molar-refractivity contribution in [3.8, 4) is 0 Å². The minimum atomic E-state index is -4.99. The van der Waals surface area contributed by atoms with E-state index in [-0.39, 0.29) is 25.7 Å². The number of phosphoric acid groups is 2. The Morgan fingerprint density at radius 1 is 0.279 bits per heavy atom. The number of unbranched alkanes of at least 4 members (excludes halogenated alkanes) is 24. The van der Waals surface area contributed by atoms with E-state index >= 15 is 0 Å². The molecule has 104 heavy (non-hydrogen) atoms. The van der Waals surface area contributed by atoms with Gasteiger partial charge in [-0.1, -0.05) is 270 Å². The fourth-order valence-corrected chi connectivity index (χ4v) is 11.8. The Kier molecular flexibility index (Phi) is 72.4. The summed E-state index contributed by atoms with van der Waals surface area (Å²) < 4.78 is 68.6. The summed E-state index contributed by atoms with van der Waals surface area (Å²) in [5, 5.41) is 10.6. The first-order chi connectivity index (χ1) is 50.7. The summed E-state index contributed by atoms with van der Waals surface area (Å²) in [6, 6.07) is 0. The summed E-state index contributed by atoms with van der Waals surface area (Å²) >= 11 is 0. The average Bonchev–Trinajstić information content (AvgIpc) is 0.939. The number of hydrogen-bond donors (Lipinski definition) is 3. The van der Waals surface area contributed by atoms with E-state index in [0.717, 1.165) is 212 Å². The molecule has 5 atom stereocenters. The zero-order valence-electron chi connectivity index (χ0n) is 64.9. The standard InChI is InChI=1S/C85H142O17P2/c1-5-9-13-17-21-25-29-33-36-38-39-41-44-47-50-54-58-62-66-70-83(88)95-75-80(101-84(89)71-67-63-59-55-51-45-32-28-24-20-16-12-8-4)77-99-103(91,92)97-73-79(86)74-98-104(93,94)100-78-81(102-85(90)72-68-64-60-56-52-48-42-35-31-27-23-19-15-11-7-3)76-96-82(87)69-65-61-57-53-49-46-43-40-37-34-30-26-22-18-14-10-6-2/h10-11,14-16,20-23,25-28,32-37,39,41-43,46,79-81,86H,5-9,12-13,17-19,24,29-31,38,40,44-45,47-78H2,1-4H3,(H,91,92)(H,93,94)/b14-10-,15-11-,20-16-,25-21-,26-22-,27-23-,32-28-,36-33-,37-34-,41-39-,42-35-,46-43-. The highest BCUT2D eigenvalue weighted by Crippen LogP contribution is 2.45. The van der Waals surface area contributed by atoms with Gasteiger partial charge in [-0.2, -0.15) is 0 Å². The van der Waals surface area contributed by atoms with Crippen molar-refractivity contribution in [1.82, 2.24) is 0 Å². The molecule has 0 saturated heterocycles. The quantitative estimate of drug-likeness (QED) is 0.0169. The predicted octanol–water partition coefficient (Wildman–Crippen LogP) is 23.4. The van der Waals surface area contributed by atoms with E-state index < -0.39 is 97.5 Å². The Hall–Kier alpha value is -5.06. The lowest BCUT2D eigenvalue weighted by Gasteiger charge is -2.21. The minimum absolute atomic E-state index is 0.0652. The summed E-state index contributed by atoms with van der Waals surface area (Å²) in [6.07, 6.45) is 86.8. The molecule has 0 heterocycles. The Morgan fingerprint density at radius 3 is 0.808 bits per heavy atom. The van der Waals surface area contributed by atoms with Crippen LogP contribution in [0.3, 0.4) is 0 Å². The molecule has 0 aliphatic carbocycles. The van der Waals surface area contributed by atoms with Crippen molar-refractivity contribution >= 4 is 39.5 Å². The third-order valence-electron chi connectivity index (χ3n) is 16.2. The van der Waals surface area contributed by atoms with Crippen LogP contribution in [0, 0.1) is 0 Å². The van der Waals surface area contributed by atoms with Gasteiger partial charge in [0.2, 0.25) is 0 Å². The van der Waals surface area contributed by atoms with E-state index in [9.17, 15) is 43.2 Å². The number of aliphatic hydroxyl groups excluding tert-OH is 1. The van der Waals surface area contributed by atoms with Crippen molar-refractivity contribution in [3.05, 3.63) is 146 Å². The lowest BCUT2D eigenvalue weighted by molar-refractivity contribution is -0.161. The maximum atomic E-state index is 13.1. The fraction of sp³-hybridized carbons (Fsp3) is 0.671. The summed E-state index contributed by atoms with van der Waals surface area (Å²) in [5.41, 5.74) is 0. The van der Waals surface area contributed by atoms with Crippen LogP contribution in [0.15, 0.2) is 146 Å². The normalized spacial score (nSPS) is 14.6. The summed E-state index contributed by atoms with van der Waals surface area (Å²) in [7, 11) is -9.98. The number of aliphatic hydroxyl groups is 1. The molecule has 0 aliphatic heterocycles. The lowest BCUT2D eigenvalue weighted by atomic mass is 10.1. The minimum Gasteiger partial charge on any atom is -0.462 e. The maximum absolute atomic E-state index is 13.1. The molecular weight excluding hydrogens is 1350 g/mol. The van der Waals surface area contributed by atoms with Gasteiger partial charge in [0.25, 0.3) is 0 Å². The Bertz CT molecular complexity index is 2540. The average molecular weight is 1500 g/mol. The largest absolute Gasteiger partial charge is 0.472 e. The molecule has 19 heteroatoms. The highest BCUT2D eigenvalue weighted by atomic mass is 31.2. The van der Waals surface area contributed by atoms with Crippen LogP contribution in [0.25, 0.3) is 0 Å². The zero-order valence-corrected chi connectivity index (χ0v) is 66.7. The summed E-state index contributed by atoms with van der Waals surface area (Å²) in [5.74, 6) is -2.25. The fourth-order valence-electron chi connectivity index (χ4n) is 10.2. The van der Waals surface area contributed by atoms with Crippen LogP contribution in [-0.4, -0.2) is 96.7 Å². The van der Waals surface area contributed by atoms with Gasteiger partial charge in [-0.15, -0.1) is 0 Å². The van der Waals surface area contributed by atoms with E-state index in [1.807, 2.05) is 0 Å². The van der Waals surface area contributed by atoms with Gasteiger partial charge in [-0.3, -0.25) is 37.3 Å². The van der Waals surface area contributed by atoms with Gasteiger partial charge in [0.05, 0.1) is 26.4 Å². The maximum Gasteiger partial charge on any atom is 0.472 e.